The number of methoxy groups -OCH3 is 1. The van der Waals surface area contributed by atoms with Gasteiger partial charge in [-0.15, -0.1) is 0 Å². The van der Waals surface area contributed by atoms with Crippen molar-refractivity contribution in [2.24, 2.45) is 4.99 Å². The Bertz CT molecular complexity index is 1010. The van der Waals surface area contributed by atoms with Gasteiger partial charge >= 0.3 is 6.18 Å². The third kappa shape index (κ3) is 4.42. The molecule has 0 spiro atoms. The maximum Gasteiger partial charge on any atom is 0.416 e. The molecule has 5 nitrogen and oxygen atoms in total. The number of carbonyl (C=O) groups is 1. The number of thioether (sulfide) groups is 1. The molecular weight excluding hydrogens is 417 g/mol. The van der Waals surface area contributed by atoms with Gasteiger partial charge in [0.2, 0.25) is 0 Å². The van der Waals surface area contributed by atoms with Crippen molar-refractivity contribution in [3.63, 3.8) is 0 Å². The van der Waals surface area contributed by atoms with Crippen LogP contribution < -0.4 is 10.1 Å². The number of ether oxygens (including phenoxy) is 1. The third-order valence-corrected chi connectivity index (χ3v) is 4.88. The summed E-state index contributed by atoms with van der Waals surface area (Å²) in [6, 6.07) is 7.31. The molecule has 28 heavy (non-hydrogen) atoms. The molecule has 1 heterocycles. The van der Waals surface area contributed by atoms with Crippen LogP contribution in [0.15, 0.2) is 46.3 Å². The summed E-state index contributed by atoms with van der Waals surface area (Å²) in [5.41, 5.74) is -0.407. The molecule has 0 radical (unpaired) electrons. The Kier molecular flexibility index (Phi) is 5.57. The van der Waals surface area contributed by atoms with E-state index in [1.54, 1.807) is 6.07 Å². The van der Waals surface area contributed by atoms with E-state index in [2.05, 4.69) is 10.3 Å². The molecule has 1 fully saturated rings. The van der Waals surface area contributed by atoms with Gasteiger partial charge in [-0.25, -0.2) is 4.99 Å². The first-order chi connectivity index (χ1) is 13.2. The van der Waals surface area contributed by atoms with E-state index in [0.717, 1.165) is 30.0 Å². The molecule has 10 heteroatoms. The van der Waals surface area contributed by atoms with E-state index < -0.39 is 17.6 Å². The summed E-state index contributed by atoms with van der Waals surface area (Å²) in [7, 11) is 1.40. The number of amides is 1. The molecule has 2 aromatic rings. The molecule has 0 unspecified atom stereocenters. The lowest BCUT2D eigenvalue weighted by Gasteiger charge is -2.08. The Labute approximate surface area is 166 Å². The number of nitrogens with one attached hydrogen (secondary N) is 1. The first kappa shape index (κ1) is 20.1. The van der Waals surface area contributed by atoms with Gasteiger partial charge in [0.1, 0.15) is 0 Å². The van der Waals surface area contributed by atoms with E-state index in [4.69, 9.17) is 16.3 Å². The van der Waals surface area contributed by atoms with Crippen molar-refractivity contribution in [2.75, 3.05) is 7.11 Å². The van der Waals surface area contributed by atoms with E-state index in [0.29, 0.717) is 5.56 Å². The Morgan fingerprint density at radius 3 is 2.68 bits per heavy atom. The highest BCUT2D eigenvalue weighted by Crippen LogP contribution is 2.37. The van der Waals surface area contributed by atoms with Crippen LogP contribution in [-0.2, 0) is 11.0 Å². The van der Waals surface area contributed by atoms with E-state index in [1.807, 2.05) is 0 Å². The molecule has 1 aliphatic rings. The number of amidine groups is 1. The van der Waals surface area contributed by atoms with Gasteiger partial charge in [0.05, 0.1) is 28.3 Å². The van der Waals surface area contributed by atoms with Crippen LogP contribution in [0.4, 0.5) is 18.9 Å². The van der Waals surface area contributed by atoms with Gasteiger partial charge in [0.25, 0.3) is 5.91 Å². The van der Waals surface area contributed by atoms with Gasteiger partial charge in [-0.05, 0) is 53.7 Å². The van der Waals surface area contributed by atoms with Crippen LogP contribution in [0.2, 0.25) is 5.02 Å². The van der Waals surface area contributed by atoms with Crippen LogP contribution >= 0.6 is 23.4 Å². The second-order valence-corrected chi connectivity index (χ2v) is 7.01. The molecule has 0 saturated carbocycles. The largest absolute Gasteiger partial charge is 0.504 e. The Morgan fingerprint density at radius 1 is 1.25 bits per heavy atom. The molecule has 2 N–H and O–H groups in total. The molecule has 146 valence electrons. The van der Waals surface area contributed by atoms with Gasteiger partial charge in [0.15, 0.2) is 16.7 Å². The number of alkyl halides is 3. The molecule has 0 atom stereocenters. The van der Waals surface area contributed by atoms with E-state index in [9.17, 15) is 23.1 Å². The molecule has 2 aromatic carbocycles. The van der Waals surface area contributed by atoms with E-state index in [1.165, 1.54) is 25.3 Å². The second kappa shape index (κ2) is 7.76. The van der Waals surface area contributed by atoms with Crippen molar-refractivity contribution < 1.29 is 27.8 Å². The number of hydrogen-bond donors (Lipinski definition) is 2. The summed E-state index contributed by atoms with van der Waals surface area (Å²) in [5.74, 6) is -0.268. The Hall–Kier alpha value is -2.65. The van der Waals surface area contributed by atoms with Crippen molar-refractivity contribution in [2.45, 2.75) is 6.18 Å². The highest BCUT2D eigenvalue weighted by molar-refractivity contribution is 8.18. The quantitative estimate of drug-likeness (QED) is 0.677. The Balaban J connectivity index is 1.89. The SMILES string of the molecule is COc1cc(C=C2SC(=Nc3cc(C(F)(F)F)ccc3Cl)NC2=O)ccc1O. The van der Waals surface area contributed by atoms with Crippen LogP contribution in [0, 0.1) is 0 Å². The zero-order chi connectivity index (χ0) is 20.5. The lowest BCUT2D eigenvalue weighted by molar-refractivity contribution is -0.137. The molecule has 1 aliphatic heterocycles. The number of hydrogen-bond acceptors (Lipinski definition) is 5. The monoisotopic (exact) mass is 428 g/mol. The summed E-state index contributed by atoms with van der Waals surface area (Å²) in [4.78, 5) is 16.4. The zero-order valence-corrected chi connectivity index (χ0v) is 15.7. The molecule has 0 aromatic heterocycles. The van der Waals surface area contributed by atoms with Gasteiger partial charge in [-0.1, -0.05) is 17.7 Å². The number of aliphatic imine (C=N–C) groups is 1. The molecule has 0 bridgehead atoms. The topological polar surface area (TPSA) is 70.9 Å². The summed E-state index contributed by atoms with van der Waals surface area (Å²) in [6.45, 7) is 0. The van der Waals surface area contributed by atoms with Crippen molar-refractivity contribution >= 4 is 46.2 Å². The standard InChI is InChI=1S/C18H12ClF3N2O3S/c1-27-14-6-9(2-5-13(14)25)7-15-16(26)24-17(28-15)23-12-8-10(18(20,21)22)3-4-11(12)19/h2-8,25H,1H3,(H,23,24,26). The van der Waals surface area contributed by atoms with Crippen molar-refractivity contribution in [3.05, 3.63) is 57.5 Å². The van der Waals surface area contributed by atoms with Gasteiger partial charge in [0, 0.05) is 0 Å². The van der Waals surface area contributed by atoms with E-state index >= 15 is 0 Å². The minimum absolute atomic E-state index is 0.0241. The molecule has 1 saturated heterocycles. The zero-order valence-electron chi connectivity index (χ0n) is 14.2. The predicted octanol–water partition coefficient (Wildman–Crippen LogP) is 4.96. The van der Waals surface area contributed by atoms with Crippen LogP contribution in [0.1, 0.15) is 11.1 Å². The van der Waals surface area contributed by atoms with E-state index in [-0.39, 0.29) is 32.3 Å². The normalized spacial score (nSPS) is 17.2. The average molecular weight is 429 g/mol. The highest BCUT2D eigenvalue weighted by Gasteiger charge is 2.31. The summed E-state index contributed by atoms with van der Waals surface area (Å²) >= 11 is 6.88. The van der Waals surface area contributed by atoms with Gasteiger partial charge < -0.3 is 15.2 Å². The number of benzene rings is 2. The van der Waals surface area contributed by atoms with Crippen molar-refractivity contribution in [1.29, 1.82) is 0 Å². The highest BCUT2D eigenvalue weighted by atomic mass is 35.5. The molecule has 1 amide bonds. The maximum atomic E-state index is 12.9. The smallest absolute Gasteiger partial charge is 0.416 e. The van der Waals surface area contributed by atoms with Crippen LogP contribution in [0.25, 0.3) is 6.08 Å². The number of rotatable bonds is 3. The third-order valence-electron chi connectivity index (χ3n) is 3.65. The summed E-state index contributed by atoms with van der Waals surface area (Å²) in [6.07, 6.45) is -2.99. The Morgan fingerprint density at radius 2 is 2.00 bits per heavy atom. The minimum atomic E-state index is -4.53. The number of carbonyl (C=O) groups excluding carboxylic acids is 1. The molecule has 0 aliphatic carbocycles. The number of halogens is 4. The number of phenolic OH excluding ortho intramolecular Hbond substituents is 1. The van der Waals surface area contributed by atoms with Crippen molar-refractivity contribution in [1.82, 2.24) is 5.32 Å². The lowest BCUT2D eigenvalue weighted by atomic mass is 10.2. The second-order valence-electron chi connectivity index (χ2n) is 5.58. The number of phenols is 1. The van der Waals surface area contributed by atoms with Crippen LogP contribution in [0.5, 0.6) is 11.5 Å². The molecule has 3 rings (SSSR count). The fourth-order valence-corrected chi connectivity index (χ4v) is 3.29. The first-order valence-corrected chi connectivity index (χ1v) is 8.90. The van der Waals surface area contributed by atoms with Crippen LogP contribution in [0.3, 0.4) is 0 Å². The lowest BCUT2D eigenvalue weighted by Crippen LogP contribution is -2.19. The van der Waals surface area contributed by atoms with Gasteiger partial charge in [-0.2, -0.15) is 13.2 Å². The fraction of sp³-hybridized carbons (Fsp3) is 0.111. The van der Waals surface area contributed by atoms with Crippen molar-refractivity contribution in [3.8, 4) is 11.5 Å². The van der Waals surface area contributed by atoms with Gasteiger partial charge in [-0.3, -0.25) is 4.79 Å². The first-order valence-electron chi connectivity index (χ1n) is 7.70. The fourth-order valence-electron chi connectivity index (χ4n) is 2.30. The summed E-state index contributed by atoms with van der Waals surface area (Å²) < 4.78 is 43.6. The minimum Gasteiger partial charge on any atom is -0.504 e. The summed E-state index contributed by atoms with van der Waals surface area (Å²) in [5, 5.41) is 12.2. The van der Waals surface area contributed by atoms with Crippen LogP contribution in [-0.4, -0.2) is 23.3 Å². The maximum absolute atomic E-state index is 12.9. The average Bonchev–Trinajstić information content (AvgIpc) is 2.96. The molecular formula is C18H12ClF3N2O3S. The predicted molar refractivity (Wildman–Crippen MR) is 102 cm³/mol. The number of aromatic hydroxyl groups is 1. The number of nitrogens with zero attached hydrogens (tertiary/aromatic N) is 1.